The lowest BCUT2D eigenvalue weighted by Gasteiger charge is -2.21. The van der Waals surface area contributed by atoms with Crippen molar-refractivity contribution in [3.8, 4) is 0 Å². The number of aromatic amines is 1. The van der Waals surface area contributed by atoms with Gasteiger partial charge in [0.15, 0.2) is 0 Å². The number of nitrogens with one attached hydrogen (secondary N) is 1. The second-order valence-corrected chi connectivity index (χ2v) is 4.83. The first kappa shape index (κ1) is 13.1. The van der Waals surface area contributed by atoms with E-state index in [0.717, 1.165) is 31.6 Å². The van der Waals surface area contributed by atoms with E-state index in [1.54, 1.807) is 0 Å². The van der Waals surface area contributed by atoms with Crippen LogP contribution in [0.25, 0.3) is 0 Å². The van der Waals surface area contributed by atoms with Crippen LogP contribution in [0.15, 0.2) is 4.79 Å². The molecule has 1 aromatic rings. The van der Waals surface area contributed by atoms with Crippen molar-refractivity contribution in [2.45, 2.75) is 39.0 Å². The fraction of sp³-hybridized carbons (Fsp3) is 0.692. The Hall–Kier alpha value is -1.36. The molecule has 1 aliphatic heterocycles. The van der Waals surface area contributed by atoms with Crippen LogP contribution in [0.2, 0.25) is 0 Å². The summed E-state index contributed by atoms with van der Waals surface area (Å²) in [4.78, 5) is 21.4. The first-order chi connectivity index (χ1) is 8.72. The molecular formula is C13H21N3O2. The van der Waals surface area contributed by atoms with Crippen LogP contribution < -0.4 is 10.5 Å². The van der Waals surface area contributed by atoms with Gasteiger partial charge in [0.05, 0.1) is 5.69 Å². The zero-order valence-corrected chi connectivity index (χ0v) is 10.9. The highest BCUT2D eigenvalue weighted by molar-refractivity contribution is 5.33. The molecule has 18 heavy (non-hydrogen) atoms. The van der Waals surface area contributed by atoms with Gasteiger partial charge < -0.3 is 10.0 Å². The minimum Gasteiger partial charge on any atom is -0.396 e. The molecule has 5 heteroatoms. The van der Waals surface area contributed by atoms with E-state index in [1.807, 2.05) is 6.92 Å². The quantitative estimate of drug-likeness (QED) is 0.840. The van der Waals surface area contributed by atoms with Crippen molar-refractivity contribution in [1.82, 2.24) is 9.97 Å². The minimum atomic E-state index is -0.115. The molecule has 2 heterocycles. The highest BCUT2D eigenvalue weighted by Crippen LogP contribution is 2.15. The van der Waals surface area contributed by atoms with Gasteiger partial charge in [0, 0.05) is 31.7 Å². The monoisotopic (exact) mass is 251 g/mol. The predicted molar refractivity (Wildman–Crippen MR) is 71.1 cm³/mol. The van der Waals surface area contributed by atoms with Gasteiger partial charge in [-0.1, -0.05) is 12.8 Å². The summed E-state index contributed by atoms with van der Waals surface area (Å²) >= 11 is 0. The Balaban J connectivity index is 2.26. The molecular weight excluding hydrogens is 230 g/mol. The predicted octanol–water partition coefficient (Wildman–Crippen LogP) is 0.994. The first-order valence-electron chi connectivity index (χ1n) is 6.68. The highest BCUT2D eigenvalue weighted by Gasteiger charge is 2.14. The number of aliphatic hydroxyl groups is 1. The van der Waals surface area contributed by atoms with Crippen LogP contribution >= 0.6 is 0 Å². The van der Waals surface area contributed by atoms with Gasteiger partial charge in [0.2, 0.25) is 5.95 Å². The Kier molecular flexibility index (Phi) is 4.36. The SMILES string of the molecule is Cc1nc(N2CCCCCC2)[nH]c(=O)c1CCO. The van der Waals surface area contributed by atoms with E-state index in [0.29, 0.717) is 17.9 Å². The van der Waals surface area contributed by atoms with Gasteiger partial charge in [-0.3, -0.25) is 9.78 Å². The number of H-pyrrole nitrogens is 1. The number of hydrogen-bond acceptors (Lipinski definition) is 4. The molecule has 0 aliphatic carbocycles. The minimum absolute atomic E-state index is 0.0192. The van der Waals surface area contributed by atoms with Crippen molar-refractivity contribution in [2.75, 3.05) is 24.6 Å². The average Bonchev–Trinajstić information content (AvgIpc) is 2.62. The van der Waals surface area contributed by atoms with Gasteiger partial charge in [-0.2, -0.15) is 0 Å². The van der Waals surface area contributed by atoms with E-state index in [2.05, 4.69) is 14.9 Å². The van der Waals surface area contributed by atoms with Gasteiger partial charge in [0.25, 0.3) is 5.56 Å². The Morgan fingerprint density at radius 1 is 1.28 bits per heavy atom. The largest absolute Gasteiger partial charge is 0.396 e. The first-order valence-corrected chi connectivity index (χ1v) is 6.68. The summed E-state index contributed by atoms with van der Waals surface area (Å²) in [6.07, 6.45) is 5.18. The molecule has 0 radical (unpaired) electrons. The molecule has 2 rings (SSSR count). The molecule has 0 spiro atoms. The van der Waals surface area contributed by atoms with Gasteiger partial charge >= 0.3 is 0 Å². The smallest absolute Gasteiger partial charge is 0.255 e. The van der Waals surface area contributed by atoms with E-state index in [-0.39, 0.29) is 12.2 Å². The molecule has 0 unspecified atom stereocenters. The Morgan fingerprint density at radius 3 is 2.50 bits per heavy atom. The van der Waals surface area contributed by atoms with Crippen LogP contribution in [0, 0.1) is 6.92 Å². The summed E-state index contributed by atoms with van der Waals surface area (Å²) in [5.74, 6) is 0.682. The van der Waals surface area contributed by atoms with E-state index in [9.17, 15) is 4.79 Å². The van der Waals surface area contributed by atoms with Gasteiger partial charge in [-0.15, -0.1) is 0 Å². The molecule has 0 bridgehead atoms. The van der Waals surface area contributed by atoms with Crippen LogP contribution in [0.5, 0.6) is 0 Å². The summed E-state index contributed by atoms with van der Waals surface area (Å²) in [5.41, 5.74) is 1.21. The molecule has 0 atom stereocenters. The van der Waals surface area contributed by atoms with E-state index in [4.69, 9.17) is 5.11 Å². The van der Waals surface area contributed by atoms with Crippen molar-refractivity contribution >= 4 is 5.95 Å². The number of aromatic nitrogens is 2. The van der Waals surface area contributed by atoms with Crippen LogP contribution in [-0.4, -0.2) is 34.8 Å². The van der Waals surface area contributed by atoms with Crippen molar-refractivity contribution in [1.29, 1.82) is 0 Å². The lowest BCUT2D eigenvalue weighted by molar-refractivity contribution is 0.298. The molecule has 100 valence electrons. The summed E-state index contributed by atoms with van der Waals surface area (Å²) < 4.78 is 0. The average molecular weight is 251 g/mol. The number of rotatable bonds is 3. The van der Waals surface area contributed by atoms with Crippen LogP contribution in [0.4, 0.5) is 5.95 Å². The standard InChI is InChI=1S/C13H21N3O2/c1-10-11(6-9-17)12(18)15-13(14-10)16-7-4-2-3-5-8-16/h17H,2-9H2,1H3,(H,14,15,18). The Bertz CT molecular complexity index is 448. The highest BCUT2D eigenvalue weighted by atomic mass is 16.3. The Labute approximate surface area is 107 Å². The Morgan fingerprint density at radius 2 is 1.94 bits per heavy atom. The lowest BCUT2D eigenvalue weighted by Crippen LogP contribution is -2.30. The van der Waals surface area contributed by atoms with E-state index >= 15 is 0 Å². The number of nitrogens with zero attached hydrogens (tertiary/aromatic N) is 2. The van der Waals surface area contributed by atoms with Crippen molar-refractivity contribution < 1.29 is 5.11 Å². The normalized spacial score (nSPS) is 16.7. The number of aryl methyl sites for hydroxylation is 1. The van der Waals surface area contributed by atoms with Crippen molar-refractivity contribution in [3.63, 3.8) is 0 Å². The lowest BCUT2D eigenvalue weighted by atomic mass is 10.2. The molecule has 0 saturated carbocycles. The third-order valence-electron chi connectivity index (χ3n) is 3.48. The van der Waals surface area contributed by atoms with E-state index < -0.39 is 0 Å². The molecule has 0 aromatic carbocycles. The molecule has 1 fully saturated rings. The van der Waals surface area contributed by atoms with Crippen molar-refractivity contribution in [2.24, 2.45) is 0 Å². The summed E-state index contributed by atoms with van der Waals surface area (Å²) in [7, 11) is 0. The summed E-state index contributed by atoms with van der Waals surface area (Å²) in [5, 5.41) is 8.93. The fourth-order valence-corrected chi connectivity index (χ4v) is 2.43. The summed E-state index contributed by atoms with van der Waals surface area (Å²) in [6, 6.07) is 0. The maximum absolute atomic E-state index is 11.9. The second-order valence-electron chi connectivity index (χ2n) is 4.83. The molecule has 2 N–H and O–H groups in total. The number of aliphatic hydroxyl groups excluding tert-OH is 1. The van der Waals surface area contributed by atoms with Gasteiger partial charge in [-0.25, -0.2) is 4.98 Å². The number of anilines is 1. The van der Waals surface area contributed by atoms with Crippen molar-refractivity contribution in [3.05, 3.63) is 21.6 Å². The maximum Gasteiger partial charge on any atom is 0.255 e. The molecule has 1 saturated heterocycles. The fourth-order valence-electron chi connectivity index (χ4n) is 2.43. The molecule has 1 aromatic heterocycles. The topological polar surface area (TPSA) is 69.2 Å². The molecule has 5 nitrogen and oxygen atoms in total. The zero-order valence-electron chi connectivity index (χ0n) is 10.9. The summed E-state index contributed by atoms with van der Waals surface area (Å²) in [6.45, 7) is 3.74. The maximum atomic E-state index is 11.9. The third kappa shape index (κ3) is 2.90. The van der Waals surface area contributed by atoms with Gasteiger partial charge in [-0.05, 0) is 19.8 Å². The number of hydrogen-bond donors (Lipinski definition) is 2. The van der Waals surface area contributed by atoms with Crippen LogP contribution in [-0.2, 0) is 6.42 Å². The van der Waals surface area contributed by atoms with Gasteiger partial charge in [0.1, 0.15) is 0 Å². The van der Waals surface area contributed by atoms with E-state index in [1.165, 1.54) is 12.8 Å². The van der Waals surface area contributed by atoms with Crippen LogP contribution in [0.3, 0.4) is 0 Å². The molecule has 1 aliphatic rings. The second kappa shape index (κ2) is 6.00. The molecule has 0 amide bonds. The zero-order chi connectivity index (χ0) is 13.0. The van der Waals surface area contributed by atoms with Crippen LogP contribution in [0.1, 0.15) is 36.9 Å². The third-order valence-corrected chi connectivity index (χ3v) is 3.48.